The highest BCUT2D eigenvalue weighted by Gasteiger charge is 2.23. The number of rotatable bonds is 5. The van der Waals surface area contributed by atoms with E-state index >= 15 is 0 Å². The Morgan fingerprint density at radius 1 is 0.889 bits per heavy atom. The number of benzene rings is 3. The molecular weight excluding hydrogens is 450 g/mol. The van der Waals surface area contributed by atoms with Gasteiger partial charge in [-0.1, -0.05) is 49.6 Å². The van der Waals surface area contributed by atoms with E-state index in [9.17, 15) is 9.90 Å². The molecule has 2 aromatic heterocycles. The summed E-state index contributed by atoms with van der Waals surface area (Å²) < 4.78 is 2.31. The van der Waals surface area contributed by atoms with Crippen LogP contribution >= 0.6 is 0 Å². The van der Waals surface area contributed by atoms with Gasteiger partial charge in [0.05, 0.1) is 33.5 Å². The van der Waals surface area contributed by atoms with Crippen LogP contribution < -0.4 is 11.3 Å². The third kappa shape index (κ3) is 3.87. The number of anilines is 1. The first-order valence-corrected chi connectivity index (χ1v) is 12.3. The molecule has 0 amide bonds. The molecule has 6 rings (SSSR count). The fourth-order valence-electron chi connectivity index (χ4n) is 5.39. The van der Waals surface area contributed by atoms with E-state index < -0.39 is 5.97 Å². The second-order valence-electron chi connectivity index (χ2n) is 9.40. The van der Waals surface area contributed by atoms with Gasteiger partial charge in [0, 0.05) is 22.6 Å². The number of nitrogens with one attached hydrogen (secondary N) is 1. The van der Waals surface area contributed by atoms with E-state index in [0.29, 0.717) is 11.6 Å². The molecule has 0 aliphatic heterocycles. The van der Waals surface area contributed by atoms with E-state index in [1.54, 1.807) is 12.1 Å². The first-order chi connectivity index (χ1) is 17.6. The molecule has 1 aliphatic carbocycles. The number of nitrogens with two attached hydrogens (primary N) is 1. The van der Waals surface area contributed by atoms with Crippen molar-refractivity contribution in [2.24, 2.45) is 5.84 Å². The van der Waals surface area contributed by atoms with Crippen LogP contribution in [0.1, 0.15) is 48.5 Å². The van der Waals surface area contributed by atoms with E-state index in [1.165, 1.54) is 19.3 Å². The van der Waals surface area contributed by atoms with Crippen molar-refractivity contribution in [2.45, 2.75) is 38.1 Å². The van der Waals surface area contributed by atoms with Gasteiger partial charge in [-0.05, 0) is 55.3 Å². The molecule has 180 valence electrons. The largest absolute Gasteiger partial charge is 0.478 e. The Labute approximate surface area is 208 Å². The Morgan fingerprint density at radius 3 is 2.44 bits per heavy atom. The van der Waals surface area contributed by atoms with Gasteiger partial charge in [0.2, 0.25) is 0 Å². The summed E-state index contributed by atoms with van der Waals surface area (Å²) in [6, 6.07) is 23.7. The lowest BCUT2D eigenvalue weighted by molar-refractivity contribution is 0.0697. The van der Waals surface area contributed by atoms with E-state index in [-0.39, 0.29) is 5.56 Å². The number of pyridine rings is 1. The lowest BCUT2D eigenvalue weighted by Crippen LogP contribution is -2.14. The summed E-state index contributed by atoms with van der Waals surface area (Å²) in [6.07, 6.45) is 5.79. The average Bonchev–Trinajstić information content (AvgIpc) is 3.32. The van der Waals surface area contributed by atoms with Crippen LogP contribution in [0.2, 0.25) is 0 Å². The zero-order valence-electron chi connectivity index (χ0n) is 19.8. The van der Waals surface area contributed by atoms with Crippen molar-refractivity contribution in [3.05, 3.63) is 78.4 Å². The van der Waals surface area contributed by atoms with Crippen LogP contribution in [-0.2, 0) is 0 Å². The molecule has 1 fully saturated rings. The van der Waals surface area contributed by atoms with Crippen molar-refractivity contribution in [2.75, 3.05) is 5.43 Å². The van der Waals surface area contributed by atoms with Crippen molar-refractivity contribution >= 4 is 33.6 Å². The minimum absolute atomic E-state index is 0.244. The minimum Gasteiger partial charge on any atom is -0.478 e. The molecule has 2 heterocycles. The summed E-state index contributed by atoms with van der Waals surface area (Å²) in [7, 11) is 0. The number of carbonyl (C=O) groups is 1. The van der Waals surface area contributed by atoms with Gasteiger partial charge in [-0.15, -0.1) is 0 Å². The maximum atomic E-state index is 11.6. The molecular formula is C29H27N5O2. The second kappa shape index (κ2) is 9.09. The predicted molar refractivity (Wildman–Crippen MR) is 143 cm³/mol. The number of hydrazine groups is 1. The third-order valence-corrected chi connectivity index (χ3v) is 7.17. The maximum absolute atomic E-state index is 11.6. The maximum Gasteiger partial charge on any atom is 0.335 e. The zero-order valence-corrected chi connectivity index (χ0v) is 19.8. The number of hydrogen-bond donors (Lipinski definition) is 3. The second-order valence-corrected chi connectivity index (χ2v) is 9.40. The summed E-state index contributed by atoms with van der Waals surface area (Å²) in [4.78, 5) is 21.4. The molecule has 0 spiro atoms. The van der Waals surface area contributed by atoms with Crippen molar-refractivity contribution in [1.29, 1.82) is 0 Å². The lowest BCUT2D eigenvalue weighted by Gasteiger charge is -2.25. The summed E-state index contributed by atoms with van der Waals surface area (Å²) in [5, 5.41) is 10.4. The SMILES string of the molecule is NNc1cc(-c2ccccc2)nc2ccc(-c3nc4cc(C(=O)O)ccc4n3C3CCCCC3)cc12. The normalized spacial score (nSPS) is 14.4. The van der Waals surface area contributed by atoms with Crippen LogP contribution in [-0.4, -0.2) is 25.6 Å². The smallest absolute Gasteiger partial charge is 0.335 e. The van der Waals surface area contributed by atoms with Gasteiger partial charge in [-0.2, -0.15) is 0 Å². The Kier molecular flexibility index (Phi) is 5.62. The number of carboxylic acid groups (broad SMARTS) is 1. The fraction of sp³-hybridized carbons (Fsp3) is 0.207. The molecule has 0 saturated heterocycles. The number of nitrogen functional groups attached to an aromatic ring is 1. The first kappa shape index (κ1) is 22.2. The Bertz CT molecular complexity index is 1590. The minimum atomic E-state index is -0.949. The Balaban J connectivity index is 1.53. The van der Waals surface area contributed by atoms with Crippen molar-refractivity contribution in [3.8, 4) is 22.6 Å². The molecule has 36 heavy (non-hydrogen) atoms. The zero-order chi connectivity index (χ0) is 24.6. The number of aromatic carboxylic acids is 1. The lowest BCUT2D eigenvalue weighted by atomic mass is 9.94. The summed E-state index contributed by atoms with van der Waals surface area (Å²) >= 11 is 0. The van der Waals surface area contributed by atoms with E-state index in [0.717, 1.165) is 57.6 Å². The number of nitrogens with zero attached hydrogens (tertiary/aromatic N) is 3. The van der Waals surface area contributed by atoms with Gasteiger partial charge >= 0.3 is 5.97 Å². The molecule has 7 nitrogen and oxygen atoms in total. The average molecular weight is 478 g/mol. The monoisotopic (exact) mass is 477 g/mol. The van der Waals surface area contributed by atoms with Gasteiger partial charge < -0.3 is 15.1 Å². The van der Waals surface area contributed by atoms with E-state index in [1.807, 2.05) is 54.6 Å². The summed E-state index contributed by atoms with van der Waals surface area (Å²) in [6.45, 7) is 0. The molecule has 3 aromatic carbocycles. The van der Waals surface area contributed by atoms with Gasteiger partial charge in [-0.25, -0.2) is 14.8 Å². The van der Waals surface area contributed by atoms with Crippen molar-refractivity contribution in [3.63, 3.8) is 0 Å². The van der Waals surface area contributed by atoms with Crippen LogP contribution in [0.3, 0.4) is 0 Å². The van der Waals surface area contributed by atoms with Gasteiger partial charge in [0.1, 0.15) is 5.82 Å². The van der Waals surface area contributed by atoms with Crippen molar-refractivity contribution in [1.82, 2.24) is 14.5 Å². The highest BCUT2D eigenvalue weighted by Crippen LogP contribution is 2.38. The first-order valence-electron chi connectivity index (χ1n) is 12.3. The number of imidazole rings is 1. The highest BCUT2D eigenvalue weighted by molar-refractivity contribution is 5.97. The molecule has 1 saturated carbocycles. The Hall–Kier alpha value is -4.23. The molecule has 1 aliphatic rings. The number of hydrogen-bond acceptors (Lipinski definition) is 5. The molecule has 0 radical (unpaired) electrons. The van der Waals surface area contributed by atoms with Gasteiger partial charge in [0.25, 0.3) is 0 Å². The quantitative estimate of drug-likeness (QED) is 0.200. The number of aromatic nitrogens is 3. The van der Waals surface area contributed by atoms with E-state index in [4.69, 9.17) is 15.8 Å². The molecule has 7 heteroatoms. The standard InChI is InChI=1S/C29H27N5O2/c30-33-25-17-24(18-7-3-1-4-8-18)31-23-13-11-19(15-22(23)25)28-32-26-16-20(29(35)36)12-14-27(26)34(28)21-9-5-2-6-10-21/h1,3-4,7-8,11-17,21H,2,5-6,9-10,30H2,(H,31,33)(H,35,36). The number of carboxylic acids is 1. The summed E-state index contributed by atoms with van der Waals surface area (Å²) in [5.74, 6) is 5.85. The molecule has 0 atom stereocenters. The van der Waals surface area contributed by atoms with Crippen LogP contribution in [0.5, 0.6) is 0 Å². The number of fused-ring (bicyclic) bond motifs is 2. The fourth-order valence-corrected chi connectivity index (χ4v) is 5.39. The topological polar surface area (TPSA) is 106 Å². The van der Waals surface area contributed by atoms with Crippen molar-refractivity contribution < 1.29 is 9.90 Å². The van der Waals surface area contributed by atoms with Crippen LogP contribution in [0.25, 0.3) is 44.6 Å². The van der Waals surface area contributed by atoms with Gasteiger partial charge in [-0.3, -0.25) is 5.84 Å². The third-order valence-electron chi connectivity index (χ3n) is 7.17. The van der Waals surface area contributed by atoms with Crippen LogP contribution in [0.15, 0.2) is 72.8 Å². The molecule has 4 N–H and O–H groups in total. The highest BCUT2D eigenvalue weighted by atomic mass is 16.4. The van der Waals surface area contributed by atoms with Gasteiger partial charge in [0.15, 0.2) is 0 Å². The molecule has 0 bridgehead atoms. The Morgan fingerprint density at radius 2 is 1.69 bits per heavy atom. The van der Waals surface area contributed by atoms with Crippen LogP contribution in [0, 0.1) is 0 Å². The molecule has 0 unspecified atom stereocenters. The predicted octanol–water partition coefficient (Wildman–Crippen LogP) is 6.41. The molecule has 5 aromatic rings. The van der Waals surface area contributed by atoms with Crippen LogP contribution in [0.4, 0.5) is 5.69 Å². The summed E-state index contributed by atoms with van der Waals surface area (Å²) in [5.41, 5.74) is 9.20. The van der Waals surface area contributed by atoms with E-state index in [2.05, 4.69) is 16.1 Å².